The minimum absolute atomic E-state index is 0.0270. The van der Waals surface area contributed by atoms with E-state index in [1.54, 1.807) is 20.8 Å². The molecule has 1 rings (SSSR count). The van der Waals surface area contributed by atoms with Gasteiger partial charge in [0.2, 0.25) is 0 Å². The number of thioether (sulfide) groups is 1. The number of aromatic nitrogens is 2. The fourth-order valence-corrected chi connectivity index (χ4v) is 2.07. The number of carbonyl (C=O) groups excluding carboxylic acids is 1. The fourth-order valence-electron chi connectivity index (χ4n) is 1.20. The van der Waals surface area contributed by atoms with E-state index >= 15 is 0 Å². The first-order valence-electron chi connectivity index (χ1n) is 6.05. The van der Waals surface area contributed by atoms with E-state index in [0.29, 0.717) is 0 Å². The Bertz CT molecular complexity index is 518. The Balaban J connectivity index is 2.61. The summed E-state index contributed by atoms with van der Waals surface area (Å²) in [5.41, 5.74) is -0.719. The van der Waals surface area contributed by atoms with Crippen LogP contribution in [0.2, 0.25) is 0 Å². The predicted octanol–water partition coefficient (Wildman–Crippen LogP) is 1.25. The first kappa shape index (κ1) is 17.0. The second-order valence-corrected chi connectivity index (χ2v) is 6.08. The molecule has 9 heteroatoms. The molecule has 1 atom stereocenters. The lowest BCUT2D eigenvalue weighted by Crippen LogP contribution is -2.44. The van der Waals surface area contributed by atoms with Crippen molar-refractivity contribution in [2.24, 2.45) is 0 Å². The summed E-state index contributed by atoms with van der Waals surface area (Å²) in [6.07, 6.45) is 0.492. The lowest BCUT2D eigenvalue weighted by Gasteiger charge is -2.21. The molecule has 116 valence electrons. The van der Waals surface area contributed by atoms with Crippen LogP contribution in [0, 0.1) is 0 Å². The van der Waals surface area contributed by atoms with Gasteiger partial charge in [0.05, 0.1) is 6.20 Å². The average molecular weight is 315 g/mol. The smallest absolute Gasteiger partial charge is 0.408 e. The molecule has 1 heterocycles. The number of carboxylic acid groups (broad SMARTS) is 1. The van der Waals surface area contributed by atoms with Crippen molar-refractivity contribution >= 4 is 23.8 Å². The van der Waals surface area contributed by atoms with Crippen molar-refractivity contribution in [3.63, 3.8) is 0 Å². The Morgan fingerprint density at radius 2 is 2.14 bits per heavy atom. The van der Waals surface area contributed by atoms with E-state index in [1.807, 2.05) is 0 Å². The van der Waals surface area contributed by atoms with Gasteiger partial charge in [-0.1, -0.05) is 11.8 Å². The van der Waals surface area contributed by atoms with E-state index < -0.39 is 23.7 Å². The zero-order chi connectivity index (χ0) is 16.0. The van der Waals surface area contributed by atoms with E-state index in [2.05, 4.69) is 15.5 Å². The minimum atomic E-state index is -1.21. The molecule has 8 nitrogen and oxygen atoms in total. The Morgan fingerprint density at radius 3 is 2.67 bits per heavy atom. The third kappa shape index (κ3) is 6.30. The fraction of sp³-hybridized carbons (Fsp3) is 0.500. The van der Waals surface area contributed by atoms with Crippen molar-refractivity contribution in [2.45, 2.75) is 37.4 Å². The van der Waals surface area contributed by atoms with Gasteiger partial charge in [-0.3, -0.25) is 0 Å². The number of alkyl carbamates (subject to hydrolysis) is 1. The van der Waals surface area contributed by atoms with Crippen LogP contribution in [0.3, 0.4) is 0 Å². The van der Waals surface area contributed by atoms with E-state index in [9.17, 15) is 14.7 Å². The molecule has 0 unspecified atom stereocenters. The van der Waals surface area contributed by atoms with Crippen LogP contribution >= 0.6 is 11.8 Å². The molecule has 3 N–H and O–H groups in total. The van der Waals surface area contributed by atoms with Crippen LogP contribution in [-0.4, -0.2) is 49.9 Å². The largest absolute Gasteiger partial charge is 0.505 e. The molecule has 0 saturated carbocycles. The van der Waals surface area contributed by atoms with Crippen molar-refractivity contribution in [2.75, 3.05) is 5.75 Å². The molecule has 1 amide bonds. The molecule has 0 spiro atoms. The van der Waals surface area contributed by atoms with Crippen LogP contribution in [0.1, 0.15) is 20.8 Å². The number of carboxylic acids is 1. The lowest BCUT2D eigenvalue weighted by atomic mass is 10.2. The minimum Gasteiger partial charge on any atom is -0.505 e. The van der Waals surface area contributed by atoms with Crippen LogP contribution in [0.15, 0.2) is 17.3 Å². The van der Waals surface area contributed by atoms with Gasteiger partial charge < -0.3 is 20.3 Å². The molecule has 0 saturated heterocycles. The number of hydrogen-bond acceptors (Lipinski definition) is 7. The van der Waals surface area contributed by atoms with E-state index in [0.717, 1.165) is 11.8 Å². The number of hydrogen-bond donors (Lipinski definition) is 3. The molecule has 0 aliphatic rings. The first-order valence-corrected chi connectivity index (χ1v) is 7.03. The van der Waals surface area contributed by atoms with Gasteiger partial charge in [-0.25, -0.2) is 9.59 Å². The van der Waals surface area contributed by atoms with Crippen molar-refractivity contribution in [3.05, 3.63) is 12.3 Å². The second kappa shape index (κ2) is 7.11. The number of aromatic hydroxyl groups is 1. The highest BCUT2D eigenvalue weighted by atomic mass is 32.2. The number of nitrogens with zero attached hydrogens (tertiary/aromatic N) is 2. The number of amides is 1. The Hall–Kier alpha value is -2.03. The zero-order valence-corrected chi connectivity index (χ0v) is 12.7. The quantitative estimate of drug-likeness (QED) is 0.694. The highest BCUT2D eigenvalue weighted by Crippen LogP contribution is 2.24. The highest BCUT2D eigenvalue weighted by molar-refractivity contribution is 7.99. The van der Waals surface area contributed by atoms with Crippen molar-refractivity contribution < 1.29 is 24.5 Å². The Kier molecular flexibility index (Phi) is 5.77. The summed E-state index contributed by atoms with van der Waals surface area (Å²) >= 11 is 0.969. The maximum absolute atomic E-state index is 11.6. The Morgan fingerprint density at radius 1 is 1.48 bits per heavy atom. The van der Waals surface area contributed by atoms with Gasteiger partial charge in [0.15, 0.2) is 10.8 Å². The summed E-state index contributed by atoms with van der Waals surface area (Å²) in [6, 6.07) is 0.165. The average Bonchev–Trinajstić information content (AvgIpc) is 2.33. The summed E-state index contributed by atoms with van der Waals surface area (Å²) in [5.74, 6) is -1.34. The monoisotopic (exact) mass is 315 g/mol. The van der Waals surface area contributed by atoms with E-state index in [4.69, 9.17) is 9.84 Å². The lowest BCUT2D eigenvalue weighted by molar-refractivity contribution is -0.138. The van der Waals surface area contributed by atoms with Gasteiger partial charge in [-0.2, -0.15) is 5.10 Å². The van der Waals surface area contributed by atoms with Crippen molar-refractivity contribution in [1.82, 2.24) is 15.5 Å². The van der Waals surface area contributed by atoms with E-state index in [-0.39, 0.29) is 16.5 Å². The summed E-state index contributed by atoms with van der Waals surface area (Å²) in [5, 5.41) is 28.3. The van der Waals surface area contributed by atoms with Crippen LogP contribution < -0.4 is 5.32 Å². The van der Waals surface area contributed by atoms with Gasteiger partial charge in [0, 0.05) is 11.8 Å². The van der Waals surface area contributed by atoms with Crippen LogP contribution in [0.5, 0.6) is 5.75 Å². The summed E-state index contributed by atoms with van der Waals surface area (Å²) in [6.45, 7) is 5.03. The van der Waals surface area contributed by atoms with Gasteiger partial charge in [-0.05, 0) is 20.8 Å². The first-order chi connectivity index (χ1) is 9.69. The molecular weight excluding hydrogens is 298 g/mol. The summed E-state index contributed by atoms with van der Waals surface area (Å²) in [7, 11) is 0. The van der Waals surface area contributed by atoms with Crippen molar-refractivity contribution in [1.29, 1.82) is 0 Å². The van der Waals surface area contributed by atoms with Crippen LogP contribution in [0.4, 0.5) is 4.79 Å². The molecule has 0 radical (unpaired) electrons. The molecule has 1 aromatic heterocycles. The normalized spacial score (nSPS) is 12.5. The third-order valence-corrected chi connectivity index (χ3v) is 3.11. The molecule has 0 bridgehead atoms. The summed E-state index contributed by atoms with van der Waals surface area (Å²) in [4.78, 5) is 22.7. The van der Waals surface area contributed by atoms with Gasteiger partial charge in [0.25, 0.3) is 0 Å². The topological polar surface area (TPSA) is 122 Å². The number of nitrogens with one attached hydrogen (secondary N) is 1. The molecule has 0 aliphatic heterocycles. The Labute approximate surface area is 125 Å². The second-order valence-electron chi connectivity index (χ2n) is 5.07. The SMILES string of the molecule is CC(C)(C)OC(=O)N[C@H](CSc1nnccc1O)C(=O)O. The maximum Gasteiger partial charge on any atom is 0.408 e. The number of carbonyl (C=O) groups is 2. The van der Waals surface area contributed by atoms with E-state index in [1.165, 1.54) is 12.3 Å². The number of ether oxygens (including phenoxy) is 1. The van der Waals surface area contributed by atoms with Crippen molar-refractivity contribution in [3.8, 4) is 5.75 Å². The molecule has 0 fully saturated rings. The number of aliphatic carboxylic acids is 1. The van der Waals surface area contributed by atoms with Crippen LogP contribution in [0.25, 0.3) is 0 Å². The highest BCUT2D eigenvalue weighted by Gasteiger charge is 2.24. The maximum atomic E-state index is 11.6. The predicted molar refractivity (Wildman–Crippen MR) is 75.2 cm³/mol. The van der Waals surface area contributed by atoms with Gasteiger partial charge >= 0.3 is 12.1 Å². The van der Waals surface area contributed by atoms with Gasteiger partial charge in [-0.15, -0.1) is 5.10 Å². The standard InChI is InChI=1S/C12H17N3O5S/c1-12(2,3)20-11(19)14-7(10(17)18)6-21-9-8(16)4-5-13-15-9/h4-5,7H,6H2,1-3H3,(H,13,16)(H,14,19)(H,17,18)/t7-/m1/s1. The molecule has 21 heavy (non-hydrogen) atoms. The molecular formula is C12H17N3O5S. The zero-order valence-electron chi connectivity index (χ0n) is 11.9. The number of rotatable bonds is 5. The van der Waals surface area contributed by atoms with Gasteiger partial charge in [0.1, 0.15) is 11.6 Å². The molecule has 1 aromatic rings. The summed E-state index contributed by atoms with van der Waals surface area (Å²) < 4.78 is 4.99. The molecule has 0 aliphatic carbocycles. The molecule has 0 aromatic carbocycles. The third-order valence-electron chi connectivity index (χ3n) is 2.04. The van der Waals surface area contributed by atoms with Crippen LogP contribution in [-0.2, 0) is 9.53 Å².